The summed E-state index contributed by atoms with van der Waals surface area (Å²) in [7, 11) is 0. The van der Waals surface area contributed by atoms with Gasteiger partial charge in [0.2, 0.25) is 0 Å². The predicted octanol–water partition coefficient (Wildman–Crippen LogP) is 6.54. The van der Waals surface area contributed by atoms with E-state index in [9.17, 15) is 0 Å². The first-order valence-electron chi connectivity index (χ1n) is 11.8. The summed E-state index contributed by atoms with van der Waals surface area (Å²) in [6.45, 7) is 8.75. The Morgan fingerprint density at radius 3 is 2.47 bits per heavy atom. The number of nitrogens with one attached hydrogen (secondary N) is 1. The van der Waals surface area contributed by atoms with Gasteiger partial charge in [0.15, 0.2) is 5.11 Å². The summed E-state index contributed by atoms with van der Waals surface area (Å²) in [5.74, 6) is 0. The standard InChI is InChI=1S/C29H30N4S/c1-5-22-12-6-7-15-26(22)32-20(3)18-24(21(32)4)28-27(25-14-8-9-16-30-25)31-29(34)33(28)23-13-10-11-19(2)17-23/h6-18,27-28H,5H2,1-4H3,(H,31,34)/t27-,28+/m0/s1. The van der Waals surface area contributed by atoms with Crippen LogP contribution in [0.4, 0.5) is 5.69 Å². The molecule has 2 atom stereocenters. The smallest absolute Gasteiger partial charge is 0.174 e. The molecule has 1 fully saturated rings. The lowest BCUT2D eigenvalue weighted by Crippen LogP contribution is -2.29. The highest BCUT2D eigenvalue weighted by Crippen LogP contribution is 2.44. The van der Waals surface area contributed by atoms with Gasteiger partial charge in [0.1, 0.15) is 0 Å². The molecule has 4 aromatic rings. The van der Waals surface area contributed by atoms with Gasteiger partial charge in [-0.05, 0) is 92.5 Å². The number of hydrogen-bond acceptors (Lipinski definition) is 2. The van der Waals surface area contributed by atoms with E-state index >= 15 is 0 Å². The van der Waals surface area contributed by atoms with Crippen LogP contribution in [0, 0.1) is 20.8 Å². The second-order valence-electron chi connectivity index (χ2n) is 8.98. The summed E-state index contributed by atoms with van der Waals surface area (Å²) in [6, 6.07) is 25.6. The Morgan fingerprint density at radius 2 is 1.74 bits per heavy atom. The van der Waals surface area contributed by atoms with Crippen molar-refractivity contribution in [3.63, 3.8) is 0 Å². The van der Waals surface area contributed by atoms with Gasteiger partial charge in [-0.3, -0.25) is 4.98 Å². The van der Waals surface area contributed by atoms with Crippen LogP contribution in [0.25, 0.3) is 5.69 Å². The second kappa shape index (κ2) is 9.07. The first kappa shape index (κ1) is 22.4. The average molecular weight is 467 g/mol. The normalized spacial score (nSPS) is 17.8. The fourth-order valence-corrected chi connectivity index (χ4v) is 5.56. The van der Waals surface area contributed by atoms with Crippen LogP contribution in [0.1, 0.15) is 52.8 Å². The van der Waals surface area contributed by atoms with Crippen molar-refractivity contribution in [2.75, 3.05) is 4.90 Å². The van der Waals surface area contributed by atoms with E-state index in [1.807, 2.05) is 18.3 Å². The Hall–Kier alpha value is -3.44. The summed E-state index contributed by atoms with van der Waals surface area (Å²) in [5.41, 5.74) is 9.59. The maximum Gasteiger partial charge on any atom is 0.174 e. The molecule has 2 aromatic heterocycles. The molecule has 1 N–H and O–H groups in total. The predicted molar refractivity (Wildman–Crippen MR) is 144 cm³/mol. The molecule has 0 spiro atoms. The van der Waals surface area contributed by atoms with Gasteiger partial charge in [-0.25, -0.2) is 0 Å². The molecule has 4 nitrogen and oxygen atoms in total. The molecule has 0 amide bonds. The molecule has 172 valence electrons. The lowest BCUT2D eigenvalue weighted by atomic mass is 9.96. The van der Waals surface area contributed by atoms with Crippen molar-refractivity contribution in [1.29, 1.82) is 0 Å². The molecule has 5 rings (SSSR count). The van der Waals surface area contributed by atoms with Gasteiger partial charge in [-0.2, -0.15) is 0 Å². The summed E-state index contributed by atoms with van der Waals surface area (Å²) < 4.78 is 2.39. The van der Waals surface area contributed by atoms with Crippen molar-refractivity contribution in [2.24, 2.45) is 0 Å². The third-order valence-corrected chi connectivity index (χ3v) is 7.09. The van der Waals surface area contributed by atoms with Crippen molar-refractivity contribution < 1.29 is 0 Å². The molecular formula is C29H30N4S. The molecule has 0 unspecified atom stereocenters. The minimum Gasteiger partial charge on any atom is -0.351 e. The molecule has 1 aliphatic heterocycles. The number of nitrogens with zero attached hydrogens (tertiary/aromatic N) is 3. The van der Waals surface area contributed by atoms with Crippen LogP contribution in [-0.4, -0.2) is 14.7 Å². The van der Waals surface area contributed by atoms with Gasteiger partial charge in [-0.1, -0.05) is 43.3 Å². The number of pyridine rings is 1. The largest absolute Gasteiger partial charge is 0.351 e. The summed E-state index contributed by atoms with van der Waals surface area (Å²) >= 11 is 5.92. The van der Waals surface area contributed by atoms with E-state index in [1.54, 1.807) is 0 Å². The number of benzene rings is 2. The monoisotopic (exact) mass is 466 g/mol. The van der Waals surface area contributed by atoms with Crippen LogP contribution < -0.4 is 10.2 Å². The number of anilines is 1. The molecule has 3 heterocycles. The number of thiocarbonyl (C=S) groups is 1. The molecule has 34 heavy (non-hydrogen) atoms. The van der Waals surface area contributed by atoms with E-state index in [-0.39, 0.29) is 12.1 Å². The lowest BCUT2D eigenvalue weighted by molar-refractivity contribution is 0.565. The van der Waals surface area contributed by atoms with Crippen LogP contribution in [-0.2, 0) is 6.42 Å². The number of para-hydroxylation sites is 1. The zero-order valence-corrected chi connectivity index (χ0v) is 20.9. The van der Waals surface area contributed by atoms with Gasteiger partial charge >= 0.3 is 0 Å². The topological polar surface area (TPSA) is 33.1 Å². The summed E-state index contributed by atoms with van der Waals surface area (Å²) in [5, 5.41) is 4.32. The molecule has 5 heteroatoms. The molecule has 2 aromatic carbocycles. The maximum atomic E-state index is 5.92. The molecule has 0 aliphatic carbocycles. The maximum absolute atomic E-state index is 5.92. The Morgan fingerprint density at radius 1 is 0.941 bits per heavy atom. The minimum absolute atomic E-state index is 0.0158. The van der Waals surface area contributed by atoms with Crippen LogP contribution in [0.15, 0.2) is 79.0 Å². The Labute approximate surface area is 207 Å². The van der Waals surface area contributed by atoms with Crippen LogP contribution in [0.2, 0.25) is 0 Å². The second-order valence-corrected chi connectivity index (χ2v) is 9.37. The highest BCUT2D eigenvalue weighted by molar-refractivity contribution is 7.80. The van der Waals surface area contributed by atoms with Crippen molar-refractivity contribution >= 4 is 23.0 Å². The van der Waals surface area contributed by atoms with Gasteiger partial charge < -0.3 is 14.8 Å². The van der Waals surface area contributed by atoms with Gasteiger partial charge in [0.25, 0.3) is 0 Å². The van der Waals surface area contributed by atoms with Crippen molar-refractivity contribution in [1.82, 2.24) is 14.9 Å². The van der Waals surface area contributed by atoms with Crippen LogP contribution in [0.3, 0.4) is 0 Å². The van der Waals surface area contributed by atoms with Crippen molar-refractivity contribution in [3.8, 4) is 5.69 Å². The van der Waals surface area contributed by atoms with E-state index in [4.69, 9.17) is 17.2 Å². The molecule has 1 aliphatic rings. The van der Waals surface area contributed by atoms with Gasteiger partial charge in [0, 0.05) is 29.0 Å². The molecule has 0 saturated carbocycles. The van der Waals surface area contributed by atoms with Crippen molar-refractivity contribution in [2.45, 2.75) is 46.2 Å². The molecular weight excluding hydrogens is 436 g/mol. The number of rotatable bonds is 5. The molecule has 0 bridgehead atoms. The fraction of sp³-hybridized carbons (Fsp3) is 0.241. The van der Waals surface area contributed by atoms with E-state index in [2.05, 4.69) is 103 Å². The fourth-order valence-electron chi connectivity index (χ4n) is 5.21. The van der Waals surface area contributed by atoms with Crippen molar-refractivity contribution in [3.05, 3.63) is 113 Å². The highest BCUT2D eigenvalue weighted by Gasteiger charge is 2.42. The minimum atomic E-state index is -0.0513. The zero-order valence-electron chi connectivity index (χ0n) is 20.1. The number of hydrogen-bond donors (Lipinski definition) is 1. The molecule has 0 radical (unpaired) electrons. The summed E-state index contributed by atoms with van der Waals surface area (Å²) in [6.07, 6.45) is 2.84. The first-order chi connectivity index (χ1) is 16.5. The summed E-state index contributed by atoms with van der Waals surface area (Å²) in [4.78, 5) is 6.97. The van der Waals surface area contributed by atoms with Gasteiger partial charge in [-0.15, -0.1) is 0 Å². The quantitative estimate of drug-likeness (QED) is 0.339. The molecule has 1 saturated heterocycles. The number of aromatic nitrogens is 2. The van der Waals surface area contributed by atoms with Gasteiger partial charge in [0.05, 0.1) is 17.8 Å². The SMILES string of the molecule is CCc1ccccc1-n1c(C)cc([C@@H]2[C@H](c3ccccn3)NC(=S)N2c2cccc(C)c2)c1C. The Kier molecular flexibility index (Phi) is 5.96. The average Bonchev–Trinajstić information content (AvgIpc) is 3.34. The third-order valence-electron chi connectivity index (χ3n) is 6.78. The van der Waals surface area contributed by atoms with Crippen LogP contribution in [0.5, 0.6) is 0 Å². The highest BCUT2D eigenvalue weighted by atomic mass is 32.1. The van der Waals surface area contributed by atoms with E-state index < -0.39 is 0 Å². The van der Waals surface area contributed by atoms with E-state index in [0.29, 0.717) is 0 Å². The third kappa shape index (κ3) is 3.80. The number of aryl methyl sites for hydroxylation is 3. The zero-order chi connectivity index (χ0) is 23.8. The lowest BCUT2D eigenvalue weighted by Gasteiger charge is -2.28. The first-order valence-corrected chi connectivity index (χ1v) is 12.2. The Balaban J connectivity index is 1.70. The van der Waals surface area contributed by atoms with E-state index in [1.165, 1.54) is 33.8 Å². The van der Waals surface area contributed by atoms with Crippen LogP contribution >= 0.6 is 12.2 Å². The van der Waals surface area contributed by atoms with E-state index in [0.717, 1.165) is 22.9 Å². The Bertz CT molecular complexity index is 1340.